The Morgan fingerprint density at radius 2 is 1.93 bits per heavy atom. The van der Waals surface area contributed by atoms with Gasteiger partial charge in [-0.15, -0.1) is 22.7 Å². The van der Waals surface area contributed by atoms with Crippen molar-refractivity contribution in [2.45, 2.75) is 13.8 Å². The topological polar surface area (TPSA) is 113 Å². The highest BCUT2D eigenvalue weighted by Gasteiger charge is 2.13. The lowest BCUT2D eigenvalue weighted by Crippen LogP contribution is -2.40. The maximum atomic E-state index is 12.0. The zero-order chi connectivity index (χ0) is 20.1. The van der Waals surface area contributed by atoms with Gasteiger partial charge >= 0.3 is 0 Å². The van der Waals surface area contributed by atoms with E-state index in [-0.39, 0.29) is 18.8 Å². The third-order valence-electron chi connectivity index (χ3n) is 3.67. The van der Waals surface area contributed by atoms with Crippen molar-refractivity contribution in [2.24, 2.45) is 0 Å². The van der Waals surface area contributed by atoms with Crippen LogP contribution in [0.25, 0.3) is 11.3 Å². The predicted molar refractivity (Wildman–Crippen MR) is 108 cm³/mol. The normalized spacial score (nSPS) is 10.5. The molecule has 28 heavy (non-hydrogen) atoms. The van der Waals surface area contributed by atoms with Crippen LogP contribution in [0, 0.1) is 13.8 Å². The molecule has 0 aromatic carbocycles. The molecule has 3 N–H and O–H groups in total. The minimum absolute atomic E-state index is 0.112. The summed E-state index contributed by atoms with van der Waals surface area (Å²) in [7, 11) is 0. The van der Waals surface area contributed by atoms with E-state index in [4.69, 9.17) is 4.42 Å². The Bertz CT molecular complexity index is 991. The summed E-state index contributed by atoms with van der Waals surface area (Å²) < 4.78 is 4.92. The van der Waals surface area contributed by atoms with Gasteiger partial charge in [-0.3, -0.25) is 14.4 Å². The van der Waals surface area contributed by atoms with Gasteiger partial charge in [-0.2, -0.15) is 0 Å². The van der Waals surface area contributed by atoms with Gasteiger partial charge in [0.1, 0.15) is 0 Å². The molecule has 0 aliphatic heterocycles. The van der Waals surface area contributed by atoms with E-state index >= 15 is 0 Å². The van der Waals surface area contributed by atoms with Gasteiger partial charge in [-0.1, -0.05) is 0 Å². The number of hydrogen-bond donors (Lipinski definition) is 3. The first-order chi connectivity index (χ1) is 13.4. The van der Waals surface area contributed by atoms with Crippen LogP contribution in [0.1, 0.15) is 20.3 Å². The summed E-state index contributed by atoms with van der Waals surface area (Å²) in [5.74, 6) is -1.27. The van der Waals surface area contributed by atoms with E-state index in [2.05, 4.69) is 27.0 Å². The Labute approximate surface area is 169 Å². The van der Waals surface area contributed by atoms with Gasteiger partial charge in [0.15, 0.2) is 10.9 Å². The molecule has 0 atom stereocenters. The number of carbonyl (C=O) groups is 3. The van der Waals surface area contributed by atoms with Crippen molar-refractivity contribution in [3.8, 4) is 11.3 Å². The number of carbonyl (C=O) groups excluding carboxylic acids is 3. The molecule has 0 bridgehead atoms. The van der Waals surface area contributed by atoms with Gasteiger partial charge in [-0.25, -0.2) is 4.98 Å². The van der Waals surface area contributed by atoms with E-state index in [1.807, 2.05) is 19.2 Å². The van der Waals surface area contributed by atoms with Gasteiger partial charge in [0, 0.05) is 20.7 Å². The number of nitrogens with zero attached hydrogens (tertiary/aromatic N) is 1. The van der Waals surface area contributed by atoms with Crippen LogP contribution in [0.3, 0.4) is 0 Å². The standard InChI is InChI=1S/C18H18N4O4S2/c1-10-6-12(11(2)28-10)13-9-27-18(21-13)22-16(24)8-19-15(23)7-20-17(25)14-4-3-5-26-14/h3-6,9H,7-8H2,1-2H3,(H,19,23)(H,20,25)(H,21,22,24). The molecule has 0 fully saturated rings. The van der Waals surface area contributed by atoms with Gasteiger partial charge < -0.3 is 20.4 Å². The molecular weight excluding hydrogens is 400 g/mol. The van der Waals surface area contributed by atoms with Crippen molar-refractivity contribution in [3.63, 3.8) is 0 Å². The molecule has 3 amide bonds. The van der Waals surface area contributed by atoms with Crippen molar-refractivity contribution in [1.82, 2.24) is 15.6 Å². The monoisotopic (exact) mass is 418 g/mol. The second kappa shape index (κ2) is 8.81. The third-order valence-corrected chi connectivity index (χ3v) is 5.39. The number of hydrogen-bond acceptors (Lipinski definition) is 7. The first-order valence-corrected chi connectivity index (χ1v) is 10.0. The van der Waals surface area contributed by atoms with Crippen LogP contribution < -0.4 is 16.0 Å². The van der Waals surface area contributed by atoms with Crippen LogP contribution >= 0.6 is 22.7 Å². The van der Waals surface area contributed by atoms with E-state index < -0.39 is 17.7 Å². The Morgan fingerprint density at radius 1 is 1.14 bits per heavy atom. The predicted octanol–water partition coefficient (Wildman–Crippen LogP) is 2.57. The molecule has 10 heteroatoms. The minimum Gasteiger partial charge on any atom is -0.459 e. The van der Waals surface area contributed by atoms with Crippen molar-refractivity contribution in [2.75, 3.05) is 18.4 Å². The van der Waals surface area contributed by atoms with E-state index in [1.54, 1.807) is 17.4 Å². The van der Waals surface area contributed by atoms with Crippen molar-refractivity contribution >= 4 is 45.5 Å². The largest absolute Gasteiger partial charge is 0.459 e. The molecule has 146 valence electrons. The van der Waals surface area contributed by atoms with E-state index in [9.17, 15) is 14.4 Å². The highest BCUT2D eigenvalue weighted by Crippen LogP contribution is 2.32. The summed E-state index contributed by atoms with van der Waals surface area (Å²) in [5, 5.41) is 9.84. The summed E-state index contributed by atoms with van der Waals surface area (Å²) in [6, 6.07) is 5.13. The Balaban J connectivity index is 1.44. The van der Waals surface area contributed by atoms with Crippen LogP contribution in [0.5, 0.6) is 0 Å². The number of furan rings is 1. The molecule has 8 nitrogen and oxygen atoms in total. The number of thiazole rings is 1. The highest BCUT2D eigenvalue weighted by molar-refractivity contribution is 7.14. The fourth-order valence-corrected chi connectivity index (χ4v) is 4.06. The maximum Gasteiger partial charge on any atom is 0.287 e. The van der Waals surface area contributed by atoms with Gasteiger partial charge in [-0.05, 0) is 32.0 Å². The second-order valence-electron chi connectivity index (χ2n) is 5.85. The molecule has 0 saturated heterocycles. The molecule has 3 aromatic rings. The lowest BCUT2D eigenvalue weighted by Gasteiger charge is -2.06. The quantitative estimate of drug-likeness (QED) is 0.546. The molecule has 0 aliphatic carbocycles. The van der Waals surface area contributed by atoms with Crippen LogP contribution in [0.15, 0.2) is 34.3 Å². The number of aromatic nitrogens is 1. The number of thiophene rings is 1. The zero-order valence-electron chi connectivity index (χ0n) is 15.2. The molecule has 0 radical (unpaired) electrons. The number of amides is 3. The third kappa shape index (κ3) is 5.05. The van der Waals surface area contributed by atoms with Crippen molar-refractivity contribution < 1.29 is 18.8 Å². The minimum atomic E-state index is -0.501. The zero-order valence-corrected chi connectivity index (χ0v) is 16.8. The van der Waals surface area contributed by atoms with Gasteiger partial charge in [0.25, 0.3) is 5.91 Å². The summed E-state index contributed by atoms with van der Waals surface area (Å²) in [4.78, 5) is 42.2. The van der Waals surface area contributed by atoms with Crippen LogP contribution in [-0.4, -0.2) is 35.8 Å². The van der Waals surface area contributed by atoms with Crippen LogP contribution in [-0.2, 0) is 9.59 Å². The summed E-state index contributed by atoms with van der Waals surface area (Å²) in [5.41, 5.74) is 1.87. The average Bonchev–Trinajstić information content (AvgIpc) is 3.39. The second-order valence-corrected chi connectivity index (χ2v) is 8.17. The number of rotatable bonds is 7. The van der Waals surface area contributed by atoms with Crippen LogP contribution in [0.4, 0.5) is 5.13 Å². The number of anilines is 1. The van der Waals surface area contributed by atoms with E-state index in [1.165, 1.54) is 33.4 Å². The first-order valence-electron chi connectivity index (χ1n) is 8.33. The molecule has 3 heterocycles. The smallest absolute Gasteiger partial charge is 0.287 e. The van der Waals surface area contributed by atoms with Crippen molar-refractivity contribution in [1.29, 1.82) is 0 Å². The van der Waals surface area contributed by atoms with E-state index in [0.29, 0.717) is 5.13 Å². The summed E-state index contributed by atoms with van der Waals surface area (Å²) >= 11 is 3.02. The molecule has 0 unspecified atom stereocenters. The molecule has 0 spiro atoms. The van der Waals surface area contributed by atoms with Gasteiger partial charge in [0.2, 0.25) is 11.8 Å². The fraction of sp³-hybridized carbons (Fsp3) is 0.222. The van der Waals surface area contributed by atoms with Crippen molar-refractivity contribution in [3.05, 3.63) is 45.4 Å². The Morgan fingerprint density at radius 3 is 2.61 bits per heavy atom. The SMILES string of the molecule is Cc1cc(-c2csc(NC(=O)CNC(=O)CNC(=O)c3ccco3)n2)c(C)s1. The lowest BCUT2D eigenvalue weighted by atomic mass is 10.2. The fourth-order valence-electron chi connectivity index (χ4n) is 2.40. The summed E-state index contributed by atoms with van der Waals surface area (Å²) in [6.07, 6.45) is 1.37. The number of nitrogens with one attached hydrogen (secondary N) is 3. The Kier molecular flexibility index (Phi) is 6.22. The highest BCUT2D eigenvalue weighted by atomic mass is 32.1. The van der Waals surface area contributed by atoms with Gasteiger partial charge in [0.05, 0.1) is 25.0 Å². The first kappa shape index (κ1) is 19.8. The maximum absolute atomic E-state index is 12.0. The summed E-state index contributed by atoms with van der Waals surface area (Å²) in [6.45, 7) is 3.59. The van der Waals surface area contributed by atoms with E-state index in [0.717, 1.165) is 11.3 Å². The molecule has 3 rings (SSSR count). The average molecular weight is 419 g/mol. The number of aryl methyl sites for hydroxylation is 2. The Hall–Kier alpha value is -2.98. The molecule has 3 aromatic heterocycles. The molecular formula is C18H18N4O4S2. The lowest BCUT2D eigenvalue weighted by molar-refractivity contribution is -0.123. The van der Waals surface area contributed by atoms with Crippen LogP contribution in [0.2, 0.25) is 0 Å². The molecule has 0 saturated carbocycles. The molecule has 0 aliphatic rings.